The van der Waals surface area contributed by atoms with Crippen molar-refractivity contribution in [3.05, 3.63) is 47.0 Å². The van der Waals surface area contributed by atoms with Crippen LogP contribution in [0.4, 0.5) is 4.39 Å². The topological polar surface area (TPSA) is 51.0 Å². The molecule has 0 N–H and O–H groups in total. The number of benzene rings is 1. The van der Waals surface area contributed by atoms with Gasteiger partial charge in [0.2, 0.25) is 0 Å². The zero-order chi connectivity index (χ0) is 14.1. The molecule has 1 aliphatic rings. The summed E-state index contributed by atoms with van der Waals surface area (Å²) >= 11 is 5.92. The van der Waals surface area contributed by atoms with Crippen LogP contribution in [0.25, 0.3) is 0 Å². The van der Waals surface area contributed by atoms with Gasteiger partial charge in [-0.15, -0.1) is 0 Å². The molecule has 0 saturated carbocycles. The monoisotopic (exact) mass is 294 g/mol. The van der Waals surface area contributed by atoms with Crippen molar-refractivity contribution in [2.75, 3.05) is 13.1 Å². The Hall–Kier alpha value is -1.95. The first-order valence-electron chi connectivity index (χ1n) is 6.25. The zero-order valence-electron chi connectivity index (χ0n) is 10.5. The van der Waals surface area contributed by atoms with Crippen molar-refractivity contribution in [2.24, 2.45) is 0 Å². The number of carbonyl (C=O) groups is 1. The SMILES string of the molecule is O=C(c1ccc(F)cc1Cl)N1CCC(n2nccn2)C1. The van der Waals surface area contributed by atoms with Gasteiger partial charge in [0.1, 0.15) is 5.82 Å². The van der Waals surface area contributed by atoms with Gasteiger partial charge in [-0.2, -0.15) is 15.0 Å². The predicted molar refractivity (Wildman–Crippen MR) is 71.0 cm³/mol. The fourth-order valence-electron chi connectivity index (χ4n) is 2.36. The highest BCUT2D eigenvalue weighted by Gasteiger charge is 2.29. The highest BCUT2D eigenvalue weighted by molar-refractivity contribution is 6.33. The van der Waals surface area contributed by atoms with E-state index in [0.717, 1.165) is 12.5 Å². The van der Waals surface area contributed by atoms with E-state index in [-0.39, 0.29) is 17.0 Å². The lowest BCUT2D eigenvalue weighted by molar-refractivity contribution is 0.0786. The summed E-state index contributed by atoms with van der Waals surface area (Å²) in [4.78, 5) is 15.7. The maximum atomic E-state index is 13.0. The maximum absolute atomic E-state index is 13.0. The van der Waals surface area contributed by atoms with Crippen LogP contribution >= 0.6 is 11.6 Å². The molecule has 0 spiro atoms. The number of likely N-dealkylation sites (tertiary alicyclic amines) is 1. The van der Waals surface area contributed by atoms with Crippen LogP contribution < -0.4 is 0 Å². The highest BCUT2D eigenvalue weighted by Crippen LogP contribution is 2.24. The van der Waals surface area contributed by atoms with Crippen LogP contribution in [0.3, 0.4) is 0 Å². The quantitative estimate of drug-likeness (QED) is 0.853. The van der Waals surface area contributed by atoms with E-state index >= 15 is 0 Å². The van der Waals surface area contributed by atoms with Crippen molar-refractivity contribution in [1.82, 2.24) is 19.9 Å². The zero-order valence-corrected chi connectivity index (χ0v) is 11.3. The Morgan fingerprint density at radius 3 is 2.80 bits per heavy atom. The minimum atomic E-state index is -0.452. The summed E-state index contributed by atoms with van der Waals surface area (Å²) in [6.45, 7) is 1.14. The van der Waals surface area contributed by atoms with Crippen LogP contribution in [0.2, 0.25) is 5.02 Å². The van der Waals surface area contributed by atoms with E-state index < -0.39 is 5.82 Å². The molecule has 7 heteroatoms. The third-order valence-corrected chi connectivity index (χ3v) is 3.69. The molecule has 2 aromatic rings. The normalized spacial score (nSPS) is 18.5. The van der Waals surface area contributed by atoms with Crippen LogP contribution in [0.15, 0.2) is 30.6 Å². The van der Waals surface area contributed by atoms with Gasteiger partial charge in [0.05, 0.1) is 29.0 Å². The van der Waals surface area contributed by atoms with Crippen molar-refractivity contribution in [2.45, 2.75) is 12.5 Å². The Morgan fingerprint density at radius 2 is 2.10 bits per heavy atom. The van der Waals surface area contributed by atoms with E-state index in [2.05, 4.69) is 10.2 Å². The first kappa shape index (κ1) is 13.1. The number of carbonyl (C=O) groups excluding carboxylic acids is 1. The van der Waals surface area contributed by atoms with Gasteiger partial charge in [0, 0.05) is 13.1 Å². The smallest absolute Gasteiger partial charge is 0.255 e. The number of amides is 1. The molecule has 1 saturated heterocycles. The van der Waals surface area contributed by atoms with Crippen molar-refractivity contribution in [3.8, 4) is 0 Å². The molecule has 2 heterocycles. The second-order valence-corrected chi connectivity index (χ2v) is 5.07. The molecule has 104 valence electrons. The molecule has 0 aliphatic carbocycles. The molecule has 1 unspecified atom stereocenters. The number of nitrogens with zero attached hydrogens (tertiary/aromatic N) is 4. The summed E-state index contributed by atoms with van der Waals surface area (Å²) < 4.78 is 13.0. The van der Waals surface area contributed by atoms with Gasteiger partial charge in [-0.05, 0) is 24.6 Å². The molecule has 3 rings (SSSR count). The van der Waals surface area contributed by atoms with Crippen LogP contribution in [-0.4, -0.2) is 38.9 Å². The average Bonchev–Trinajstić information content (AvgIpc) is 3.09. The van der Waals surface area contributed by atoms with E-state index in [9.17, 15) is 9.18 Å². The second kappa shape index (κ2) is 5.20. The van der Waals surface area contributed by atoms with Gasteiger partial charge in [0.15, 0.2) is 0 Å². The second-order valence-electron chi connectivity index (χ2n) is 4.67. The van der Waals surface area contributed by atoms with Crippen molar-refractivity contribution < 1.29 is 9.18 Å². The summed E-state index contributed by atoms with van der Waals surface area (Å²) in [6.07, 6.45) is 4.02. The lowest BCUT2D eigenvalue weighted by Gasteiger charge is -2.17. The highest BCUT2D eigenvalue weighted by atomic mass is 35.5. The van der Waals surface area contributed by atoms with E-state index in [4.69, 9.17) is 11.6 Å². The Morgan fingerprint density at radius 1 is 1.35 bits per heavy atom. The van der Waals surface area contributed by atoms with E-state index in [1.807, 2.05) is 0 Å². The standard InChI is InChI=1S/C13H12ClFN4O/c14-12-7-9(15)1-2-11(12)13(20)18-6-3-10(8-18)19-16-4-5-17-19/h1-2,4-5,7,10H,3,6,8H2. The van der Waals surface area contributed by atoms with Crippen molar-refractivity contribution in [3.63, 3.8) is 0 Å². The molecule has 0 bridgehead atoms. The van der Waals surface area contributed by atoms with Gasteiger partial charge in [-0.3, -0.25) is 4.79 Å². The Balaban J connectivity index is 1.76. The van der Waals surface area contributed by atoms with Crippen molar-refractivity contribution in [1.29, 1.82) is 0 Å². The molecule has 1 fully saturated rings. The summed E-state index contributed by atoms with van der Waals surface area (Å²) in [7, 11) is 0. The number of aromatic nitrogens is 3. The molecule has 5 nitrogen and oxygen atoms in total. The largest absolute Gasteiger partial charge is 0.336 e. The van der Waals surface area contributed by atoms with Gasteiger partial charge in [-0.1, -0.05) is 11.6 Å². The summed E-state index contributed by atoms with van der Waals surface area (Å²) in [5.74, 6) is -0.642. The van der Waals surface area contributed by atoms with Gasteiger partial charge in [-0.25, -0.2) is 4.39 Å². The van der Waals surface area contributed by atoms with Crippen LogP contribution in [0.1, 0.15) is 22.8 Å². The number of hydrogen-bond donors (Lipinski definition) is 0. The van der Waals surface area contributed by atoms with Gasteiger partial charge >= 0.3 is 0 Å². The van der Waals surface area contributed by atoms with E-state index in [1.54, 1.807) is 22.1 Å². The van der Waals surface area contributed by atoms with Crippen LogP contribution in [-0.2, 0) is 0 Å². The minimum Gasteiger partial charge on any atom is -0.336 e. The molecular formula is C13H12ClFN4O. The molecule has 1 amide bonds. The Bertz CT molecular complexity index is 631. The summed E-state index contributed by atoms with van der Waals surface area (Å²) in [5, 5.41) is 8.31. The fraction of sp³-hybridized carbons (Fsp3) is 0.308. The van der Waals surface area contributed by atoms with E-state index in [0.29, 0.717) is 18.7 Å². The fourth-order valence-corrected chi connectivity index (χ4v) is 2.61. The number of rotatable bonds is 2. The molecule has 1 atom stereocenters. The molecule has 20 heavy (non-hydrogen) atoms. The van der Waals surface area contributed by atoms with Gasteiger partial charge in [0.25, 0.3) is 5.91 Å². The first-order chi connectivity index (χ1) is 9.65. The third kappa shape index (κ3) is 2.38. The van der Waals surface area contributed by atoms with Gasteiger partial charge < -0.3 is 4.90 Å². The molecule has 1 aliphatic heterocycles. The van der Waals surface area contributed by atoms with Crippen molar-refractivity contribution >= 4 is 17.5 Å². The molecular weight excluding hydrogens is 283 g/mol. The summed E-state index contributed by atoms with van der Waals surface area (Å²) in [6, 6.07) is 3.88. The molecule has 1 aromatic carbocycles. The lowest BCUT2D eigenvalue weighted by Crippen LogP contribution is -2.29. The lowest BCUT2D eigenvalue weighted by atomic mass is 10.2. The summed E-state index contributed by atoms with van der Waals surface area (Å²) in [5.41, 5.74) is 0.321. The minimum absolute atomic E-state index is 0.0770. The molecule has 1 aromatic heterocycles. The molecule has 0 radical (unpaired) electrons. The van der Waals surface area contributed by atoms with Crippen LogP contribution in [0, 0.1) is 5.82 Å². The first-order valence-corrected chi connectivity index (χ1v) is 6.63. The Kier molecular flexibility index (Phi) is 3.40. The van der Waals surface area contributed by atoms with Crippen LogP contribution in [0.5, 0.6) is 0 Å². The third-order valence-electron chi connectivity index (χ3n) is 3.38. The average molecular weight is 295 g/mol. The number of hydrogen-bond acceptors (Lipinski definition) is 3. The predicted octanol–water partition coefficient (Wildman–Crippen LogP) is 2.16. The van der Waals surface area contributed by atoms with E-state index in [1.165, 1.54) is 12.1 Å². The Labute approximate surface area is 119 Å². The maximum Gasteiger partial charge on any atom is 0.255 e. The number of halogens is 2.